The maximum Gasteiger partial charge on any atom is 0.331 e. The first kappa shape index (κ1) is 26.0. The number of amides is 4. The van der Waals surface area contributed by atoms with Crippen LogP contribution in [0.1, 0.15) is 53.9 Å². The Morgan fingerprint density at radius 2 is 1.98 bits per heavy atom. The molecule has 0 unspecified atom stereocenters. The zero-order valence-corrected chi connectivity index (χ0v) is 23.0. The fourth-order valence-electron chi connectivity index (χ4n) is 5.24. The third kappa shape index (κ3) is 4.91. The number of imidazole rings is 1. The molecule has 0 radical (unpaired) electrons. The van der Waals surface area contributed by atoms with Gasteiger partial charge in [-0.3, -0.25) is 19.4 Å². The van der Waals surface area contributed by atoms with E-state index in [1.165, 1.54) is 11.9 Å². The second-order valence-corrected chi connectivity index (χ2v) is 11.0. The number of rotatable bonds is 8. The van der Waals surface area contributed by atoms with Gasteiger partial charge in [-0.1, -0.05) is 0 Å². The summed E-state index contributed by atoms with van der Waals surface area (Å²) < 4.78 is 22.0. The number of hydrogen-bond acceptors (Lipinski definition) is 8. The normalized spacial score (nSPS) is 20.0. The van der Waals surface area contributed by atoms with Crippen LogP contribution in [0.3, 0.4) is 0 Å². The van der Waals surface area contributed by atoms with Crippen molar-refractivity contribution in [2.45, 2.75) is 44.6 Å². The molecule has 3 aliphatic rings. The highest BCUT2D eigenvalue weighted by molar-refractivity contribution is 6.13. The number of halogens is 1. The van der Waals surface area contributed by atoms with Gasteiger partial charge in [0.25, 0.3) is 0 Å². The Kier molecular flexibility index (Phi) is 6.10. The summed E-state index contributed by atoms with van der Waals surface area (Å²) in [6, 6.07) is 5.58. The van der Waals surface area contributed by atoms with E-state index in [1.807, 2.05) is 23.6 Å². The van der Waals surface area contributed by atoms with Crippen molar-refractivity contribution in [1.29, 1.82) is 0 Å². The molecule has 1 saturated heterocycles. The zero-order valence-electron chi connectivity index (χ0n) is 23.0. The lowest BCUT2D eigenvalue weighted by Gasteiger charge is -2.17. The SMILES string of the molecule is Cc1ccnc([C@H]2C[C@@H]2C(=O)Nc2cc(F)cc(OCc3cn4cc(C5CC5)cc(N5CC(=O)N(C)C5=O)c4n3)n2)n1. The van der Waals surface area contributed by atoms with Crippen LogP contribution >= 0.6 is 0 Å². The van der Waals surface area contributed by atoms with E-state index in [-0.39, 0.29) is 48.5 Å². The van der Waals surface area contributed by atoms with Gasteiger partial charge in [0, 0.05) is 55.3 Å². The summed E-state index contributed by atoms with van der Waals surface area (Å²) in [7, 11) is 1.46. The number of nitrogens with zero attached hydrogens (tertiary/aromatic N) is 7. The largest absolute Gasteiger partial charge is 0.471 e. The number of carbonyl (C=O) groups is 3. The first-order valence-corrected chi connectivity index (χ1v) is 13.7. The fourth-order valence-corrected chi connectivity index (χ4v) is 5.24. The van der Waals surface area contributed by atoms with E-state index in [4.69, 9.17) is 4.74 Å². The van der Waals surface area contributed by atoms with Gasteiger partial charge >= 0.3 is 6.03 Å². The van der Waals surface area contributed by atoms with Crippen LogP contribution in [-0.4, -0.2) is 60.7 Å². The number of urea groups is 1. The van der Waals surface area contributed by atoms with Crippen LogP contribution in [0, 0.1) is 18.7 Å². The molecule has 4 aromatic heterocycles. The van der Waals surface area contributed by atoms with Gasteiger partial charge in [-0.05, 0) is 49.8 Å². The van der Waals surface area contributed by atoms with E-state index in [2.05, 4.69) is 25.3 Å². The summed E-state index contributed by atoms with van der Waals surface area (Å²) in [5.74, 6) is -0.524. The summed E-state index contributed by atoms with van der Waals surface area (Å²) in [5.41, 5.74) is 3.47. The van der Waals surface area contributed by atoms with Crippen molar-refractivity contribution in [3.05, 3.63) is 71.4 Å². The van der Waals surface area contributed by atoms with Crippen LogP contribution < -0.4 is 15.0 Å². The van der Waals surface area contributed by atoms with Gasteiger partial charge in [0.05, 0.1) is 11.4 Å². The minimum Gasteiger partial charge on any atom is -0.471 e. The number of nitrogens with one attached hydrogen (secondary N) is 1. The highest BCUT2D eigenvalue weighted by atomic mass is 19.1. The molecule has 7 rings (SSSR count). The fraction of sp³-hybridized carbons (Fsp3) is 0.345. The number of aryl methyl sites for hydroxylation is 1. The van der Waals surface area contributed by atoms with Gasteiger partial charge in [-0.15, -0.1) is 0 Å². The minimum atomic E-state index is -0.614. The number of fused-ring (bicyclic) bond motifs is 1. The molecule has 3 fully saturated rings. The molecule has 4 aromatic rings. The molecule has 1 N–H and O–H groups in total. The van der Waals surface area contributed by atoms with E-state index >= 15 is 0 Å². The molecule has 42 heavy (non-hydrogen) atoms. The van der Waals surface area contributed by atoms with Crippen LogP contribution in [0.25, 0.3) is 5.65 Å². The maximum atomic E-state index is 14.4. The smallest absolute Gasteiger partial charge is 0.331 e. The molecule has 0 spiro atoms. The Hall–Kier alpha value is -4.94. The lowest BCUT2D eigenvalue weighted by molar-refractivity contribution is -0.124. The molecule has 5 heterocycles. The number of ether oxygens (including phenoxy) is 1. The number of imide groups is 1. The Morgan fingerprint density at radius 3 is 2.71 bits per heavy atom. The van der Waals surface area contributed by atoms with Crippen molar-refractivity contribution in [3.8, 4) is 5.88 Å². The third-order valence-electron chi connectivity index (χ3n) is 7.79. The van der Waals surface area contributed by atoms with E-state index < -0.39 is 11.8 Å². The molecular weight excluding hydrogens is 543 g/mol. The van der Waals surface area contributed by atoms with Crippen molar-refractivity contribution in [3.63, 3.8) is 0 Å². The standard InChI is InChI=1S/C29H27FN8O4/c1-15-5-6-31-26(32-15)20-10-21(20)28(40)35-23-8-18(30)9-24(34-23)42-14-19-12-37-11-17(16-3-4-16)7-22(27(37)33-19)38-13-25(39)36(2)29(38)41/h5-9,11-12,16,20-21H,3-4,10,13-14H2,1-2H3,(H,34,35,40)/t20-,21-/m0/s1. The number of anilines is 2. The number of aromatic nitrogens is 5. The van der Waals surface area contributed by atoms with E-state index in [1.54, 1.807) is 18.5 Å². The molecule has 1 aliphatic heterocycles. The minimum absolute atomic E-state index is 0.0162. The van der Waals surface area contributed by atoms with Gasteiger partial charge in [-0.2, -0.15) is 4.98 Å². The molecular formula is C29H27FN8O4. The van der Waals surface area contributed by atoms with Gasteiger partial charge in [0.1, 0.15) is 30.6 Å². The number of pyridine rings is 2. The first-order valence-electron chi connectivity index (χ1n) is 13.7. The van der Waals surface area contributed by atoms with Gasteiger partial charge in [0.15, 0.2) is 5.65 Å². The Morgan fingerprint density at radius 1 is 1.14 bits per heavy atom. The van der Waals surface area contributed by atoms with Gasteiger partial charge in [0.2, 0.25) is 17.7 Å². The maximum absolute atomic E-state index is 14.4. The highest BCUT2D eigenvalue weighted by Crippen LogP contribution is 2.46. The van der Waals surface area contributed by atoms with Crippen LogP contribution in [-0.2, 0) is 16.2 Å². The molecule has 2 atom stereocenters. The van der Waals surface area contributed by atoms with Crippen LogP contribution in [0.5, 0.6) is 5.88 Å². The predicted molar refractivity (Wildman–Crippen MR) is 147 cm³/mol. The number of hydrogen-bond donors (Lipinski definition) is 1. The predicted octanol–water partition coefficient (Wildman–Crippen LogP) is 3.56. The monoisotopic (exact) mass is 570 g/mol. The van der Waals surface area contributed by atoms with E-state index in [0.29, 0.717) is 35.2 Å². The second kappa shape index (κ2) is 9.86. The zero-order chi connectivity index (χ0) is 29.1. The number of likely N-dealkylation sites (N-methyl/N-ethyl adjacent to an activating group) is 1. The molecule has 2 aliphatic carbocycles. The molecule has 0 aromatic carbocycles. The highest BCUT2D eigenvalue weighted by Gasteiger charge is 2.46. The summed E-state index contributed by atoms with van der Waals surface area (Å²) in [6.07, 6.45) is 8.16. The number of carbonyl (C=O) groups excluding carboxylic acids is 3. The Bertz CT molecular complexity index is 1770. The molecule has 0 bridgehead atoms. The van der Waals surface area contributed by atoms with Crippen LogP contribution in [0.15, 0.2) is 42.9 Å². The summed E-state index contributed by atoms with van der Waals surface area (Å²) in [4.78, 5) is 57.9. The van der Waals surface area contributed by atoms with Crippen LogP contribution in [0.4, 0.5) is 20.7 Å². The van der Waals surface area contributed by atoms with Crippen molar-refractivity contribution < 1.29 is 23.5 Å². The van der Waals surface area contributed by atoms with Crippen molar-refractivity contribution in [2.24, 2.45) is 5.92 Å². The summed E-state index contributed by atoms with van der Waals surface area (Å²) in [6.45, 7) is 1.78. The van der Waals surface area contributed by atoms with Crippen molar-refractivity contribution in [2.75, 3.05) is 23.8 Å². The molecule has 13 heteroatoms. The van der Waals surface area contributed by atoms with Gasteiger partial charge < -0.3 is 14.5 Å². The summed E-state index contributed by atoms with van der Waals surface area (Å²) >= 11 is 0. The van der Waals surface area contributed by atoms with Crippen molar-refractivity contribution in [1.82, 2.24) is 29.2 Å². The van der Waals surface area contributed by atoms with Crippen LogP contribution in [0.2, 0.25) is 0 Å². The quantitative estimate of drug-likeness (QED) is 0.318. The van der Waals surface area contributed by atoms with Crippen molar-refractivity contribution >= 4 is 35.0 Å². The topological polar surface area (TPSA) is 135 Å². The average Bonchev–Trinajstić information content (AvgIpc) is 3.88. The van der Waals surface area contributed by atoms with E-state index in [9.17, 15) is 18.8 Å². The average molecular weight is 571 g/mol. The summed E-state index contributed by atoms with van der Waals surface area (Å²) in [5, 5.41) is 2.68. The Balaban J connectivity index is 1.07. The second-order valence-electron chi connectivity index (χ2n) is 11.0. The lowest BCUT2D eigenvalue weighted by atomic mass is 10.1. The molecule has 2 saturated carbocycles. The van der Waals surface area contributed by atoms with E-state index in [0.717, 1.165) is 41.1 Å². The molecule has 12 nitrogen and oxygen atoms in total. The first-order chi connectivity index (χ1) is 20.2. The van der Waals surface area contributed by atoms with Gasteiger partial charge in [-0.25, -0.2) is 24.1 Å². The Labute approximate surface area is 239 Å². The molecule has 214 valence electrons. The molecule has 4 amide bonds. The third-order valence-corrected chi connectivity index (χ3v) is 7.79. The lowest BCUT2D eigenvalue weighted by Crippen LogP contribution is -2.30.